The van der Waals surface area contributed by atoms with Crippen LogP contribution in [0.25, 0.3) is 0 Å². The van der Waals surface area contributed by atoms with Crippen molar-refractivity contribution in [2.75, 3.05) is 19.6 Å². The number of amides is 1. The summed E-state index contributed by atoms with van der Waals surface area (Å²) in [5.41, 5.74) is 1.51. The van der Waals surface area contributed by atoms with Crippen LogP contribution in [0, 0.1) is 11.7 Å². The highest BCUT2D eigenvalue weighted by Gasteiger charge is 2.19. The molecule has 0 saturated carbocycles. The van der Waals surface area contributed by atoms with Gasteiger partial charge in [-0.05, 0) is 25.1 Å². The van der Waals surface area contributed by atoms with Crippen LogP contribution in [-0.4, -0.2) is 31.3 Å². The lowest BCUT2D eigenvalue weighted by Gasteiger charge is -2.15. The van der Waals surface area contributed by atoms with E-state index in [1.165, 1.54) is 23.8 Å². The molecule has 6 heteroatoms. The van der Waals surface area contributed by atoms with Gasteiger partial charge in [0.2, 0.25) is 5.91 Å². The molecule has 1 atom stereocenters. The molecule has 0 bridgehead atoms. The van der Waals surface area contributed by atoms with Crippen LogP contribution in [0.3, 0.4) is 0 Å². The van der Waals surface area contributed by atoms with E-state index in [2.05, 4.69) is 16.7 Å². The number of hydrogen-bond donors (Lipinski definition) is 2. The quantitative estimate of drug-likeness (QED) is 0.618. The molecule has 1 amide bonds. The number of ketones is 1. The molecule has 4 nitrogen and oxygen atoms in total. The fourth-order valence-electron chi connectivity index (χ4n) is 2.41. The molecule has 1 aliphatic heterocycles. The molecule has 126 valence electrons. The standard InChI is InChI=1S/C17H21FN2O2.ClH/c1-12(17(22)14-3-2-4-15(18)10-14)9-16(21)20-11-13-5-7-19-8-6-13;/h2-5,10,12,19H,6-9,11H2,1H3,(H,20,21);1H. The zero-order valence-electron chi connectivity index (χ0n) is 13.1. The van der Waals surface area contributed by atoms with Gasteiger partial charge in [-0.15, -0.1) is 12.4 Å². The molecule has 0 spiro atoms. The number of Topliss-reactive ketones (excluding diaryl/α,β-unsaturated/α-hetero) is 1. The monoisotopic (exact) mass is 340 g/mol. The number of rotatable bonds is 6. The molecule has 0 radical (unpaired) electrons. The molecule has 23 heavy (non-hydrogen) atoms. The lowest BCUT2D eigenvalue weighted by molar-refractivity contribution is -0.121. The van der Waals surface area contributed by atoms with Gasteiger partial charge in [-0.25, -0.2) is 4.39 Å². The van der Waals surface area contributed by atoms with Crippen molar-refractivity contribution < 1.29 is 14.0 Å². The summed E-state index contributed by atoms with van der Waals surface area (Å²) in [4.78, 5) is 24.1. The third kappa shape index (κ3) is 6.12. The third-order valence-corrected chi connectivity index (χ3v) is 3.72. The lowest BCUT2D eigenvalue weighted by Crippen LogP contribution is -2.31. The van der Waals surface area contributed by atoms with Gasteiger partial charge in [0.1, 0.15) is 5.82 Å². The summed E-state index contributed by atoms with van der Waals surface area (Å²) < 4.78 is 13.1. The zero-order chi connectivity index (χ0) is 15.9. The van der Waals surface area contributed by atoms with Crippen molar-refractivity contribution in [3.8, 4) is 0 Å². The number of benzene rings is 1. The second-order valence-electron chi connectivity index (χ2n) is 5.57. The average Bonchev–Trinajstić information content (AvgIpc) is 2.53. The van der Waals surface area contributed by atoms with Crippen LogP contribution >= 0.6 is 12.4 Å². The minimum atomic E-state index is -0.469. The molecule has 2 N–H and O–H groups in total. The Morgan fingerprint density at radius 2 is 2.17 bits per heavy atom. The van der Waals surface area contributed by atoms with Crippen LogP contribution in [0.4, 0.5) is 4.39 Å². The van der Waals surface area contributed by atoms with Gasteiger partial charge in [0.15, 0.2) is 5.78 Å². The Morgan fingerprint density at radius 3 is 2.83 bits per heavy atom. The Hall–Kier alpha value is -1.72. The first-order valence-corrected chi connectivity index (χ1v) is 7.51. The van der Waals surface area contributed by atoms with Gasteiger partial charge in [-0.3, -0.25) is 9.59 Å². The highest BCUT2D eigenvalue weighted by Crippen LogP contribution is 2.13. The minimum Gasteiger partial charge on any atom is -0.352 e. The summed E-state index contributed by atoms with van der Waals surface area (Å²) in [6, 6.07) is 5.57. The number of halogens is 2. The Kier molecular flexibility index (Phi) is 7.92. The number of carbonyl (C=O) groups excluding carboxylic acids is 2. The summed E-state index contributed by atoms with van der Waals surface area (Å²) in [5.74, 6) is -1.28. The maximum atomic E-state index is 13.1. The molecule has 0 saturated heterocycles. The number of carbonyl (C=O) groups is 2. The van der Waals surface area contributed by atoms with E-state index in [1.54, 1.807) is 13.0 Å². The van der Waals surface area contributed by atoms with Crippen LogP contribution in [0.2, 0.25) is 0 Å². The molecule has 1 aromatic carbocycles. The van der Waals surface area contributed by atoms with Crippen molar-refractivity contribution >= 4 is 24.1 Å². The first kappa shape index (κ1) is 19.3. The second kappa shape index (κ2) is 9.43. The normalized spacial score (nSPS) is 15.1. The van der Waals surface area contributed by atoms with Crippen LogP contribution in [0.5, 0.6) is 0 Å². The van der Waals surface area contributed by atoms with Gasteiger partial charge >= 0.3 is 0 Å². The molecule has 0 aliphatic carbocycles. The molecule has 1 aromatic rings. The largest absolute Gasteiger partial charge is 0.352 e. The predicted octanol–water partition coefficient (Wildman–Crippen LogP) is 2.49. The van der Waals surface area contributed by atoms with E-state index < -0.39 is 11.7 Å². The third-order valence-electron chi connectivity index (χ3n) is 3.72. The molecule has 1 unspecified atom stereocenters. The summed E-state index contributed by atoms with van der Waals surface area (Å²) in [6.45, 7) is 3.98. The minimum absolute atomic E-state index is 0. The molecular formula is C17H22ClFN2O2. The topological polar surface area (TPSA) is 58.2 Å². The molecule has 0 aromatic heterocycles. The van der Waals surface area contributed by atoms with E-state index in [9.17, 15) is 14.0 Å². The van der Waals surface area contributed by atoms with E-state index >= 15 is 0 Å². The van der Waals surface area contributed by atoms with Crippen molar-refractivity contribution in [2.24, 2.45) is 5.92 Å². The maximum absolute atomic E-state index is 13.1. The first-order valence-electron chi connectivity index (χ1n) is 7.51. The van der Waals surface area contributed by atoms with E-state index in [-0.39, 0.29) is 30.5 Å². The van der Waals surface area contributed by atoms with Crippen molar-refractivity contribution in [3.05, 3.63) is 47.3 Å². The summed E-state index contributed by atoms with van der Waals surface area (Å²) >= 11 is 0. The first-order chi connectivity index (χ1) is 10.6. The summed E-state index contributed by atoms with van der Waals surface area (Å²) in [5, 5.41) is 6.05. The van der Waals surface area contributed by atoms with Crippen molar-refractivity contribution in [2.45, 2.75) is 19.8 Å². The number of nitrogens with one attached hydrogen (secondary N) is 2. The molecule has 1 heterocycles. The van der Waals surface area contributed by atoms with Gasteiger partial charge in [0.25, 0.3) is 0 Å². The van der Waals surface area contributed by atoms with E-state index in [1.807, 2.05) is 0 Å². The smallest absolute Gasteiger partial charge is 0.220 e. The van der Waals surface area contributed by atoms with Crippen LogP contribution < -0.4 is 10.6 Å². The molecule has 2 rings (SSSR count). The Labute approximate surface area is 141 Å². The highest BCUT2D eigenvalue weighted by molar-refractivity contribution is 5.99. The molecular weight excluding hydrogens is 319 g/mol. The van der Waals surface area contributed by atoms with Crippen LogP contribution in [0.1, 0.15) is 30.1 Å². The van der Waals surface area contributed by atoms with Gasteiger partial charge in [-0.1, -0.05) is 30.7 Å². The summed E-state index contributed by atoms with van der Waals surface area (Å²) in [7, 11) is 0. The average molecular weight is 341 g/mol. The van der Waals surface area contributed by atoms with Gasteiger partial charge in [0, 0.05) is 31.0 Å². The van der Waals surface area contributed by atoms with Crippen LogP contribution in [0.15, 0.2) is 35.9 Å². The fourth-order valence-corrected chi connectivity index (χ4v) is 2.41. The van der Waals surface area contributed by atoms with Crippen molar-refractivity contribution in [1.29, 1.82) is 0 Å². The van der Waals surface area contributed by atoms with E-state index in [0.717, 1.165) is 19.5 Å². The van der Waals surface area contributed by atoms with E-state index in [4.69, 9.17) is 0 Å². The Bertz CT molecular complexity index is 590. The maximum Gasteiger partial charge on any atom is 0.220 e. The van der Waals surface area contributed by atoms with Crippen molar-refractivity contribution in [1.82, 2.24) is 10.6 Å². The predicted molar refractivity (Wildman–Crippen MR) is 90.3 cm³/mol. The second-order valence-corrected chi connectivity index (χ2v) is 5.57. The summed E-state index contributed by atoms with van der Waals surface area (Å²) in [6.07, 6.45) is 3.12. The van der Waals surface area contributed by atoms with Gasteiger partial charge in [-0.2, -0.15) is 0 Å². The Balaban J connectivity index is 0.00000264. The van der Waals surface area contributed by atoms with Crippen molar-refractivity contribution in [3.63, 3.8) is 0 Å². The highest BCUT2D eigenvalue weighted by atomic mass is 35.5. The molecule has 0 fully saturated rings. The van der Waals surface area contributed by atoms with Gasteiger partial charge < -0.3 is 10.6 Å². The van der Waals surface area contributed by atoms with E-state index in [0.29, 0.717) is 12.1 Å². The van der Waals surface area contributed by atoms with Crippen LogP contribution in [-0.2, 0) is 4.79 Å². The van der Waals surface area contributed by atoms with Gasteiger partial charge in [0.05, 0.1) is 0 Å². The number of hydrogen-bond acceptors (Lipinski definition) is 3. The fraction of sp³-hybridized carbons (Fsp3) is 0.412. The Morgan fingerprint density at radius 1 is 1.39 bits per heavy atom. The lowest BCUT2D eigenvalue weighted by atomic mass is 9.96. The molecule has 1 aliphatic rings. The SMILES string of the molecule is CC(CC(=O)NCC1=CCNCC1)C(=O)c1cccc(F)c1.Cl. The zero-order valence-corrected chi connectivity index (χ0v) is 13.9.